The zero-order chi connectivity index (χ0) is 22.9. The van der Waals surface area contributed by atoms with E-state index < -0.39 is 0 Å². The lowest BCUT2D eigenvalue weighted by Gasteiger charge is -2.22. The van der Waals surface area contributed by atoms with Crippen LogP contribution in [0.1, 0.15) is 42.9 Å². The van der Waals surface area contributed by atoms with E-state index >= 15 is 0 Å². The Labute approximate surface area is 220 Å². The van der Waals surface area contributed by atoms with Crippen molar-refractivity contribution in [3.63, 3.8) is 0 Å². The summed E-state index contributed by atoms with van der Waals surface area (Å²) in [7, 11) is 0. The Balaban J connectivity index is 0.00000324. The number of benzene rings is 2. The third-order valence-corrected chi connectivity index (χ3v) is 6.44. The Bertz CT molecular complexity index is 937. The lowest BCUT2D eigenvalue weighted by atomic mass is 10.1. The first kappa shape index (κ1) is 26.5. The van der Waals surface area contributed by atoms with Gasteiger partial charge in [0.05, 0.1) is 19.8 Å². The summed E-state index contributed by atoms with van der Waals surface area (Å²) in [5.74, 6) is 1.75. The van der Waals surface area contributed by atoms with Crippen molar-refractivity contribution >= 4 is 35.8 Å². The number of guanidine groups is 1. The van der Waals surface area contributed by atoms with Gasteiger partial charge in [-0.1, -0.05) is 54.6 Å². The minimum Gasteiger partial charge on any atom is -0.376 e. The smallest absolute Gasteiger partial charge is 0.222 e. The minimum absolute atomic E-state index is 0. The molecule has 2 aromatic rings. The van der Waals surface area contributed by atoms with Gasteiger partial charge in [-0.25, -0.2) is 4.99 Å². The molecule has 1 N–H and O–H groups in total. The molecule has 184 valence electrons. The van der Waals surface area contributed by atoms with Crippen molar-refractivity contribution in [2.75, 3.05) is 32.8 Å². The summed E-state index contributed by atoms with van der Waals surface area (Å²) < 4.78 is 5.99. The van der Waals surface area contributed by atoms with Gasteiger partial charge in [0.2, 0.25) is 5.91 Å². The van der Waals surface area contributed by atoms with E-state index in [1.165, 1.54) is 16.7 Å². The molecular formula is C27H37IN4O2. The Morgan fingerprint density at radius 2 is 1.85 bits per heavy atom. The maximum Gasteiger partial charge on any atom is 0.222 e. The van der Waals surface area contributed by atoms with Crippen molar-refractivity contribution in [3.8, 4) is 0 Å². The van der Waals surface area contributed by atoms with Crippen LogP contribution < -0.4 is 5.32 Å². The van der Waals surface area contributed by atoms with Crippen LogP contribution in [0.4, 0.5) is 0 Å². The molecule has 2 fully saturated rings. The molecule has 0 saturated carbocycles. The molecule has 2 heterocycles. The molecule has 2 aliphatic heterocycles. The van der Waals surface area contributed by atoms with E-state index in [1.807, 2.05) is 11.0 Å². The van der Waals surface area contributed by atoms with Gasteiger partial charge in [0.1, 0.15) is 0 Å². The Kier molecular flexibility index (Phi) is 10.7. The fourth-order valence-electron chi connectivity index (χ4n) is 4.61. The number of likely N-dealkylation sites (tertiary alicyclic amines) is 2. The molecule has 0 aliphatic carbocycles. The summed E-state index contributed by atoms with van der Waals surface area (Å²) >= 11 is 0. The third-order valence-electron chi connectivity index (χ3n) is 6.44. The van der Waals surface area contributed by atoms with Crippen molar-refractivity contribution in [3.05, 3.63) is 71.3 Å². The normalized spacial score (nSPS) is 18.3. The number of carbonyl (C=O) groups excluding carboxylic acids is 1. The number of amides is 1. The van der Waals surface area contributed by atoms with E-state index in [2.05, 4.69) is 65.7 Å². The number of ether oxygens (including phenoxy) is 1. The predicted molar refractivity (Wildman–Crippen MR) is 147 cm³/mol. The highest BCUT2D eigenvalue weighted by atomic mass is 127. The summed E-state index contributed by atoms with van der Waals surface area (Å²) in [6.07, 6.45) is 2.76. The largest absolute Gasteiger partial charge is 0.376 e. The standard InChI is InChI=1S/C27H36N4O2.HI/c1-2-28-27(31-16-14-23(18-31)21-33-20-22-9-4-3-5-10-22)29-17-24-11-6-7-12-25(24)19-30-15-8-13-26(30)32;/h3-7,9-12,23H,2,8,13-21H2,1H3,(H,28,29);1H. The third kappa shape index (κ3) is 7.43. The van der Waals surface area contributed by atoms with Crippen LogP contribution in [0.2, 0.25) is 0 Å². The molecule has 0 spiro atoms. The second kappa shape index (κ2) is 13.7. The van der Waals surface area contributed by atoms with Gasteiger partial charge in [-0.05, 0) is 36.5 Å². The van der Waals surface area contributed by atoms with Crippen LogP contribution in [0.3, 0.4) is 0 Å². The Morgan fingerprint density at radius 1 is 1.09 bits per heavy atom. The number of nitrogens with zero attached hydrogens (tertiary/aromatic N) is 3. The highest BCUT2D eigenvalue weighted by Gasteiger charge is 2.25. The summed E-state index contributed by atoms with van der Waals surface area (Å²) in [6, 6.07) is 18.7. The molecule has 1 atom stereocenters. The number of carbonyl (C=O) groups is 1. The van der Waals surface area contributed by atoms with Crippen molar-refractivity contribution in [2.45, 2.75) is 45.9 Å². The first-order valence-electron chi connectivity index (χ1n) is 12.2. The molecule has 6 nitrogen and oxygen atoms in total. The number of hydrogen-bond acceptors (Lipinski definition) is 3. The summed E-state index contributed by atoms with van der Waals surface area (Å²) in [4.78, 5) is 21.4. The summed E-state index contributed by atoms with van der Waals surface area (Å²) in [5, 5.41) is 3.47. The minimum atomic E-state index is 0. The van der Waals surface area contributed by atoms with E-state index in [1.54, 1.807) is 0 Å². The molecule has 1 unspecified atom stereocenters. The van der Waals surface area contributed by atoms with Crippen LogP contribution >= 0.6 is 24.0 Å². The molecule has 0 bridgehead atoms. The van der Waals surface area contributed by atoms with Gasteiger partial charge in [-0.15, -0.1) is 24.0 Å². The van der Waals surface area contributed by atoms with Crippen LogP contribution in [0.5, 0.6) is 0 Å². The molecule has 4 rings (SSSR count). The van der Waals surface area contributed by atoms with Crippen LogP contribution in [0.25, 0.3) is 0 Å². The van der Waals surface area contributed by atoms with Gasteiger partial charge in [-0.2, -0.15) is 0 Å². The van der Waals surface area contributed by atoms with Gasteiger partial charge in [0.25, 0.3) is 0 Å². The van der Waals surface area contributed by atoms with E-state index in [0.717, 1.165) is 51.6 Å². The van der Waals surface area contributed by atoms with E-state index in [4.69, 9.17) is 9.73 Å². The second-order valence-electron chi connectivity index (χ2n) is 8.96. The first-order valence-corrected chi connectivity index (χ1v) is 12.2. The maximum absolute atomic E-state index is 12.1. The average Bonchev–Trinajstić information content (AvgIpc) is 3.47. The molecule has 2 aromatic carbocycles. The van der Waals surface area contributed by atoms with E-state index in [9.17, 15) is 4.79 Å². The molecule has 2 saturated heterocycles. The van der Waals surface area contributed by atoms with Crippen molar-refractivity contribution in [2.24, 2.45) is 10.9 Å². The molecular weight excluding hydrogens is 539 g/mol. The first-order chi connectivity index (χ1) is 16.2. The second-order valence-corrected chi connectivity index (χ2v) is 8.96. The predicted octanol–water partition coefficient (Wildman–Crippen LogP) is 4.43. The SMILES string of the molecule is CCNC(=NCc1ccccc1CN1CCCC1=O)N1CCC(COCc2ccccc2)C1.I. The molecule has 1 amide bonds. The lowest BCUT2D eigenvalue weighted by Crippen LogP contribution is -2.40. The molecule has 7 heteroatoms. The number of hydrogen-bond donors (Lipinski definition) is 1. The molecule has 0 aromatic heterocycles. The van der Waals surface area contributed by atoms with Gasteiger partial charge in [0, 0.05) is 45.1 Å². The Hall–Kier alpha value is -2.13. The fourth-order valence-corrected chi connectivity index (χ4v) is 4.61. The van der Waals surface area contributed by atoms with Crippen LogP contribution in [-0.4, -0.2) is 54.5 Å². The van der Waals surface area contributed by atoms with E-state index in [0.29, 0.717) is 32.0 Å². The van der Waals surface area contributed by atoms with Crippen LogP contribution in [0, 0.1) is 5.92 Å². The highest BCUT2D eigenvalue weighted by molar-refractivity contribution is 14.0. The number of rotatable bonds is 9. The fraction of sp³-hybridized carbons (Fsp3) is 0.481. The highest BCUT2D eigenvalue weighted by Crippen LogP contribution is 2.20. The van der Waals surface area contributed by atoms with Gasteiger partial charge >= 0.3 is 0 Å². The maximum atomic E-state index is 12.1. The average molecular weight is 577 g/mol. The van der Waals surface area contributed by atoms with Crippen molar-refractivity contribution < 1.29 is 9.53 Å². The van der Waals surface area contributed by atoms with Crippen molar-refractivity contribution in [1.82, 2.24) is 15.1 Å². The van der Waals surface area contributed by atoms with E-state index in [-0.39, 0.29) is 29.9 Å². The summed E-state index contributed by atoms with van der Waals surface area (Å²) in [6.45, 7) is 8.52. The summed E-state index contributed by atoms with van der Waals surface area (Å²) in [5.41, 5.74) is 3.60. The number of halogens is 1. The Morgan fingerprint density at radius 3 is 2.59 bits per heavy atom. The van der Waals surface area contributed by atoms with Crippen LogP contribution in [-0.2, 0) is 29.2 Å². The molecule has 0 radical (unpaired) electrons. The lowest BCUT2D eigenvalue weighted by molar-refractivity contribution is -0.128. The van der Waals surface area contributed by atoms with Crippen LogP contribution in [0.15, 0.2) is 59.6 Å². The zero-order valence-electron chi connectivity index (χ0n) is 20.1. The topological polar surface area (TPSA) is 57.2 Å². The quantitative estimate of drug-likeness (QED) is 0.273. The zero-order valence-corrected chi connectivity index (χ0v) is 22.4. The molecule has 34 heavy (non-hydrogen) atoms. The van der Waals surface area contributed by atoms with Gasteiger partial charge in [0.15, 0.2) is 5.96 Å². The van der Waals surface area contributed by atoms with Gasteiger partial charge < -0.3 is 19.9 Å². The number of aliphatic imine (C=N–C) groups is 1. The van der Waals surface area contributed by atoms with Crippen molar-refractivity contribution in [1.29, 1.82) is 0 Å². The monoisotopic (exact) mass is 576 g/mol. The molecule has 2 aliphatic rings. The van der Waals surface area contributed by atoms with Gasteiger partial charge in [-0.3, -0.25) is 4.79 Å². The number of nitrogens with one attached hydrogen (secondary N) is 1.